The highest BCUT2D eigenvalue weighted by Crippen LogP contribution is 2.47. The van der Waals surface area contributed by atoms with E-state index in [2.05, 4.69) is 6.92 Å². The number of carbonyl (C=O) groups is 1. The molecule has 0 amide bonds. The van der Waals surface area contributed by atoms with Gasteiger partial charge in [-0.25, -0.2) is 4.79 Å². The summed E-state index contributed by atoms with van der Waals surface area (Å²) in [7, 11) is 1.64. The number of benzene rings is 2. The number of ether oxygens (including phenoxy) is 5. The molecule has 1 saturated heterocycles. The van der Waals surface area contributed by atoms with Crippen molar-refractivity contribution < 1.29 is 28.5 Å². The number of methoxy groups -OCH3 is 1. The molecule has 1 aliphatic carbocycles. The second-order valence-corrected chi connectivity index (χ2v) is 8.77. The molecule has 0 aromatic heterocycles. The van der Waals surface area contributed by atoms with Gasteiger partial charge in [0.05, 0.1) is 39.1 Å². The second-order valence-electron chi connectivity index (χ2n) is 8.77. The van der Waals surface area contributed by atoms with Crippen LogP contribution in [0.3, 0.4) is 0 Å². The maximum absolute atomic E-state index is 11.8. The third-order valence-electron chi connectivity index (χ3n) is 5.92. The Balaban J connectivity index is 1.54. The van der Waals surface area contributed by atoms with Gasteiger partial charge in [-0.1, -0.05) is 13.0 Å². The molecule has 2 heterocycles. The molecule has 30 heavy (non-hydrogen) atoms. The summed E-state index contributed by atoms with van der Waals surface area (Å²) in [5.74, 6) is 2.30. The van der Waals surface area contributed by atoms with E-state index in [-0.39, 0.29) is 11.4 Å². The number of cyclic esters (lactones) is 1. The van der Waals surface area contributed by atoms with Gasteiger partial charge < -0.3 is 23.7 Å². The van der Waals surface area contributed by atoms with E-state index in [1.54, 1.807) is 7.11 Å². The topological polar surface area (TPSA) is 63.2 Å². The van der Waals surface area contributed by atoms with E-state index in [0.717, 1.165) is 16.7 Å². The number of rotatable bonds is 8. The molecule has 3 aliphatic rings. The van der Waals surface area contributed by atoms with Crippen LogP contribution in [0.4, 0.5) is 0 Å². The summed E-state index contributed by atoms with van der Waals surface area (Å²) >= 11 is 0. The molecule has 2 aromatic rings. The predicted molar refractivity (Wildman–Crippen MR) is 110 cm³/mol. The first-order valence-corrected chi connectivity index (χ1v) is 10.4. The van der Waals surface area contributed by atoms with E-state index in [4.69, 9.17) is 23.7 Å². The number of hydrogen-bond acceptors (Lipinski definition) is 6. The zero-order chi connectivity index (χ0) is 20.7. The molecule has 0 unspecified atom stereocenters. The summed E-state index contributed by atoms with van der Waals surface area (Å²) in [5.41, 5.74) is 3.37. The molecule has 6 heteroatoms. The summed E-state index contributed by atoms with van der Waals surface area (Å²) in [6.07, 6.45) is 2.40. The monoisotopic (exact) mass is 410 g/mol. The van der Waals surface area contributed by atoms with Gasteiger partial charge in [0.15, 0.2) is 11.5 Å². The molecule has 5 rings (SSSR count). The molecule has 1 saturated carbocycles. The average molecular weight is 410 g/mol. The van der Waals surface area contributed by atoms with Crippen molar-refractivity contribution in [1.82, 2.24) is 0 Å². The molecular formula is C24H26O6. The lowest BCUT2D eigenvalue weighted by molar-refractivity contribution is -0.120. The molecule has 0 radical (unpaired) electrons. The molecule has 2 aliphatic heterocycles. The van der Waals surface area contributed by atoms with E-state index < -0.39 is 0 Å². The zero-order valence-electron chi connectivity index (χ0n) is 17.4. The Morgan fingerprint density at radius 2 is 1.87 bits per heavy atom. The van der Waals surface area contributed by atoms with Gasteiger partial charge in [0.1, 0.15) is 6.61 Å². The van der Waals surface area contributed by atoms with Crippen molar-refractivity contribution in [2.45, 2.75) is 26.4 Å². The van der Waals surface area contributed by atoms with Gasteiger partial charge in [0, 0.05) is 16.5 Å². The van der Waals surface area contributed by atoms with Crippen molar-refractivity contribution >= 4 is 5.97 Å². The van der Waals surface area contributed by atoms with Crippen LogP contribution in [0.5, 0.6) is 17.2 Å². The van der Waals surface area contributed by atoms with Crippen molar-refractivity contribution in [1.29, 1.82) is 0 Å². The highest BCUT2D eigenvalue weighted by atomic mass is 16.5. The molecule has 0 bridgehead atoms. The van der Waals surface area contributed by atoms with Gasteiger partial charge in [0.25, 0.3) is 0 Å². The van der Waals surface area contributed by atoms with Gasteiger partial charge in [-0.05, 0) is 48.6 Å². The van der Waals surface area contributed by atoms with Crippen LogP contribution in [0.1, 0.15) is 35.7 Å². The first-order valence-electron chi connectivity index (χ1n) is 10.4. The fraction of sp³-hybridized carbons (Fsp3) is 0.458. The summed E-state index contributed by atoms with van der Waals surface area (Å²) in [4.78, 5) is 11.8. The highest BCUT2D eigenvalue weighted by molar-refractivity contribution is 5.94. The largest absolute Gasteiger partial charge is 0.493 e. The Morgan fingerprint density at radius 1 is 1.07 bits per heavy atom. The molecule has 0 spiro atoms. The van der Waals surface area contributed by atoms with Crippen LogP contribution in [-0.2, 0) is 16.1 Å². The van der Waals surface area contributed by atoms with Crippen molar-refractivity contribution in [2.24, 2.45) is 11.3 Å². The van der Waals surface area contributed by atoms with Gasteiger partial charge in [-0.15, -0.1) is 0 Å². The maximum atomic E-state index is 11.8. The average Bonchev–Trinajstić information content (AvgIpc) is 3.50. The zero-order valence-corrected chi connectivity index (χ0v) is 17.4. The Bertz CT molecular complexity index is 974. The quantitative estimate of drug-likeness (QED) is 0.607. The lowest BCUT2D eigenvalue weighted by Crippen LogP contribution is -2.44. The van der Waals surface area contributed by atoms with Crippen molar-refractivity contribution in [2.75, 3.05) is 33.5 Å². The fourth-order valence-corrected chi connectivity index (χ4v) is 3.78. The van der Waals surface area contributed by atoms with Crippen LogP contribution in [0.25, 0.3) is 11.1 Å². The number of esters is 1. The molecule has 6 nitrogen and oxygen atoms in total. The van der Waals surface area contributed by atoms with Gasteiger partial charge in [-0.2, -0.15) is 0 Å². The van der Waals surface area contributed by atoms with E-state index in [0.29, 0.717) is 61.8 Å². The van der Waals surface area contributed by atoms with Crippen molar-refractivity contribution in [3.63, 3.8) is 0 Å². The Kier molecular flexibility index (Phi) is 4.82. The third-order valence-corrected chi connectivity index (χ3v) is 5.92. The lowest BCUT2D eigenvalue weighted by atomic mass is 9.90. The van der Waals surface area contributed by atoms with E-state index >= 15 is 0 Å². The van der Waals surface area contributed by atoms with Crippen LogP contribution in [0, 0.1) is 11.3 Å². The summed E-state index contributed by atoms with van der Waals surface area (Å²) in [6.45, 7) is 5.00. The van der Waals surface area contributed by atoms with Gasteiger partial charge in [0.2, 0.25) is 5.75 Å². The van der Waals surface area contributed by atoms with Crippen molar-refractivity contribution in [3.8, 4) is 28.4 Å². The molecule has 2 aromatic carbocycles. The Morgan fingerprint density at radius 3 is 2.57 bits per heavy atom. The van der Waals surface area contributed by atoms with Crippen LogP contribution in [0.2, 0.25) is 0 Å². The minimum atomic E-state index is -0.269. The summed E-state index contributed by atoms with van der Waals surface area (Å²) in [5, 5.41) is 0. The van der Waals surface area contributed by atoms with Gasteiger partial charge >= 0.3 is 5.97 Å². The summed E-state index contributed by atoms with van der Waals surface area (Å²) < 4.78 is 28.7. The van der Waals surface area contributed by atoms with Crippen molar-refractivity contribution in [3.05, 3.63) is 41.5 Å². The van der Waals surface area contributed by atoms with E-state index in [1.807, 2.05) is 30.3 Å². The van der Waals surface area contributed by atoms with Crippen LogP contribution in [-0.4, -0.2) is 39.5 Å². The third kappa shape index (κ3) is 3.60. The Labute approximate surface area is 176 Å². The minimum absolute atomic E-state index is 0.00764. The van der Waals surface area contributed by atoms with Gasteiger partial charge in [-0.3, -0.25) is 0 Å². The molecule has 2 fully saturated rings. The minimum Gasteiger partial charge on any atom is -0.493 e. The first kappa shape index (κ1) is 19.2. The van der Waals surface area contributed by atoms with E-state index in [9.17, 15) is 4.79 Å². The Hall–Kier alpha value is -2.73. The first-order chi connectivity index (χ1) is 14.6. The van der Waals surface area contributed by atoms with Crippen LogP contribution in [0.15, 0.2) is 30.3 Å². The number of carbonyl (C=O) groups excluding carboxylic acids is 1. The predicted octanol–water partition coefficient (Wildman–Crippen LogP) is 4.24. The second kappa shape index (κ2) is 7.51. The lowest BCUT2D eigenvalue weighted by Gasteiger charge is -2.37. The number of hydrogen-bond donors (Lipinski definition) is 0. The highest BCUT2D eigenvalue weighted by Gasteiger charge is 2.35. The molecule has 158 valence electrons. The fourth-order valence-electron chi connectivity index (χ4n) is 3.78. The maximum Gasteiger partial charge on any atom is 0.338 e. The SMILES string of the molecule is COc1ccc(-c2ccc3c(c2)COC3=O)c(OCC2(C)COC2)c1OCC1CC1. The smallest absolute Gasteiger partial charge is 0.338 e. The van der Waals surface area contributed by atoms with Crippen LogP contribution >= 0.6 is 0 Å². The molecule has 0 N–H and O–H groups in total. The standard InChI is InChI=1S/C24H26O6/c1-24(12-27-13-24)14-30-21-18(16-5-6-19-17(9-16)11-29-23(19)25)7-8-20(26-2)22(21)28-10-15-3-4-15/h5-9,15H,3-4,10-14H2,1-2H3. The van der Waals surface area contributed by atoms with E-state index in [1.165, 1.54) is 12.8 Å². The molecular weight excluding hydrogens is 384 g/mol. The normalized spacial score (nSPS) is 18.9. The number of fused-ring (bicyclic) bond motifs is 1. The van der Waals surface area contributed by atoms with Crippen LogP contribution < -0.4 is 14.2 Å². The molecule has 0 atom stereocenters. The summed E-state index contributed by atoms with van der Waals surface area (Å²) in [6, 6.07) is 9.64.